The number of carbonyl (C=O) groups excluding carboxylic acids is 3. The molecule has 0 bridgehead atoms. The Bertz CT molecular complexity index is 1010. The lowest BCUT2D eigenvalue weighted by Crippen LogP contribution is -2.53. The van der Waals surface area contributed by atoms with Gasteiger partial charge in [-0.15, -0.1) is 0 Å². The van der Waals surface area contributed by atoms with E-state index in [2.05, 4.69) is 10.6 Å². The lowest BCUT2D eigenvalue weighted by Gasteiger charge is -2.26. The lowest BCUT2D eigenvalue weighted by atomic mass is 10.0. The number of nitrogens with zero attached hydrogens (tertiary/aromatic N) is 1. The number of carbonyl (C=O) groups is 3. The first-order valence-corrected chi connectivity index (χ1v) is 12.6. The molecule has 0 spiro atoms. The number of ether oxygens (including phenoxy) is 1. The Labute approximate surface area is 213 Å². The molecule has 1 aliphatic heterocycles. The normalized spacial score (nSPS) is 16.9. The number of benzene rings is 2. The quantitative estimate of drug-likeness (QED) is 0.444. The minimum atomic E-state index is -0.747. The van der Waals surface area contributed by atoms with Crippen molar-refractivity contribution >= 4 is 17.7 Å². The molecule has 3 unspecified atom stereocenters. The van der Waals surface area contributed by atoms with Gasteiger partial charge in [0.1, 0.15) is 18.4 Å². The van der Waals surface area contributed by atoms with Crippen molar-refractivity contribution in [3.63, 3.8) is 0 Å². The van der Waals surface area contributed by atoms with Crippen LogP contribution in [0.1, 0.15) is 44.7 Å². The zero-order chi connectivity index (χ0) is 26.1. The molecule has 1 saturated heterocycles. The molecule has 36 heavy (non-hydrogen) atoms. The van der Waals surface area contributed by atoms with Crippen molar-refractivity contribution in [1.82, 2.24) is 15.5 Å². The maximum absolute atomic E-state index is 13.4. The summed E-state index contributed by atoms with van der Waals surface area (Å²) in [6.07, 6.45) is 1.56. The monoisotopic (exact) mass is 494 g/mol. The van der Waals surface area contributed by atoms with E-state index in [1.54, 1.807) is 4.90 Å². The van der Waals surface area contributed by atoms with Gasteiger partial charge >= 0.3 is 0 Å². The maximum atomic E-state index is 13.4. The molecule has 0 radical (unpaired) electrons. The van der Waals surface area contributed by atoms with Gasteiger partial charge in [0.15, 0.2) is 0 Å². The van der Waals surface area contributed by atoms with Crippen LogP contribution in [-0.4, -0.2) is 53.8 Å². The fourth-order valence-electron chi connectivity index (χ4n) is 4.38. The predicted molar refractivity (Wildman–Crippen MR) is 139 cm³/mol. The summed E-state index contributed by atoms with van der Waals surface area (Å²) in [7, 11) is 0. The Balaban J connectivity index is 1.66. The number of nitrogens with two attached hydrogens (primary N) is 1. The minimum absolute atomic E-state index is 0.0768. The van der Waals surface area contributed by atoms with E-state index in [4.69, 9.17) is 10.5 Å². The summed E-state index contributed by atoms with van der Waals surface area (Å²) in [5.74, 6) is 0.375. The molecule has 4 N–H and O–H groups in total. The molecule has 0 saturated carbocycles. The standard InChI is InChI=1S/C28H38N4O4/c1-19(2)15-25(29)27(34)31-26(28(35)32-14-13-23(17-32)30-20(3)33)16-21-9-11-24(12-10-21)36-18-22-7-5-4-6-8-22/h4-12,19,23,25-26H,13-18,29H2,1-3H3,(H,30,33)(H,31,34). The van der Waals surface area contributed by atoms with Crippen LogP contribution in [0.2, 0.25) is 0 Å². The average molecular weight is 495 g/mol. The fourth-order valence-corrected chi connectivity index (χ4v) is 4.38. The predicted octanol–water partition coefficient (Wildman–Crippen LogP) is 2.40. The highest BCUT2D eigenvalue weighted by Gasteiger charge is 2.33. The van der Waals surface area contributed by atoms with Crippen molar-refractivity contribution in [3.8, 4) is 5.75 Å². The molecule has 194 valence electrons. The van der Waals surface area contributed by atoms with E-state index in [-0.39, 0.29) is 29.7 Å². The number of rotatable bonds is 11. The molecule has 1 heterocycles. The second kappa shape index (κ2) is 13.1. The Morgan fingerprint density at radius 2 is 1.75 bits per heavy atom. The Morgan fingerprint density at radius 3 is 2.39 bits per heavy atom. The molecule has 2 aromatic carbocycles. The number of likely N-dealkylation sites (tertiary alicyclic amines) is 1. The molecule has 1 aliphatic rings. The van der Waals surface area contributed by atoms with E-state index in [9.17, 15) is 14.4 Å². The number of amides is 3. The van der Waals surface area contributed by atoms with Crippen molar-refractivity contribution in [3.05, 3.63) is 65.7 Å². The van der Waals surface area contributed by atoms with Crippen molar-refractivity contribution in [2.24, 2.45) is 11.7 Å². The van der Waals surface area contributed by atoms with Crippen molar-refractivity contribution < 1.29 is 19.1 Å². The fraction of sp³-hybridized carbons (Fsp3) is 0.464. The summed E-state index contributed by atoms with van der Waals surface area (Å²) < 4.78 is 5.86. The molecule has 2 aromatic rings. The summed E-state index contributed by atoms with van der Waals surface area (Å²) in [4.78, 5) is 39.3. The van der Waals surface area contributed by atoms with Crippen LogP contribution in [0.5, 0.6) is 5.75 Å². The van der Waals surface area contributed by atoms with E-state index >= 15 is 0 Å². The zero-order valence-corrected chi connectivity index (χ0v) is 21.4. The van der Waals surface area contributed by atoms with Crippen LogP contribution in [-0.2, 0) is 27.4 Å². The molecule has 0 aliphatic carbocycles. The van der Waals surface area contributed by atoms with Crippen molar-refractivity contribution in [2.45, 2.75) is 64.8 Å². The van der Waals surface area contributed by atoms with Gasteiger partial charge in [0.05, 0.1) is 6.04 Å². The van der Waals surface area contributed by atoms with Crippen LogP contribution in [0.25, 0.3) is 0 Å². The second-order valence-electron chi connectivity index (χ2n) is 9.89. The topological polar surface area (TPSA) is 114 Å². The third-order valence-corrected chi connectivity index (χ3v) is 6.20. The first kappa shape index (κ1) is 27.2. The largest absolute Gasteiger partial charge is 0.489 e. The van der Waals surface area contributed by atoms with E-state index in [0.717, 1.165) is 16.9 Å². The molecular formula is C28H38N4O4. The highest BCUT2D eigenvalue weighted by molar-refractivity contribution is 5.90. The summed E-state index contributed by atoms with van der Waals surface area (Å²) in [5, 5.41) is 5.76. The summed E-state index contributed by atoms with van der Waals surface area (Å²) in [6, 6.07) is 16.0. The molecule has 0 aromatic heterocycles. The highest BCUT2D eigenvalue weighted by atomic mass is 16.5. The average Bonchev–Trinajstić information content (AvgIpc) is 3.30. The van der Waals surface area contributed by atoms with E-state index < -0.39 is 12.1 Å². The van der Waals surface area contributed by atoms with Crippen LogP contribution in [0.3, 0.4) is 0 Å². The zero-order valence-electron chi connectivity index (χ0n) is 21.4. The molecule has 8 heteroatoms. The third-order valence-electron chi connectivity index (χ3n) is 6.20. The summed E-state index contributed by atoms with van der Waals surface area (Å²) >= 11 is 0. The third kappa shape index (κ3) is 8.37. The number of nitrogens with one attached hydrogen (secondary N) is 2. The molecule has 3 atom stereocenters. The molecule has 8 nitrogen and oxygen atoms in total. The van der Waals surface area contributed by atoms with Gasteiger partial charge in [-0.25, -0.2) is 0 Å². The van der Waals surface area contributed by atoms with E-state index in [1.165, 1.54) is 6.92 Å². The smallest absolute Gasteiger partial charge is 0.245 e. The Hall–Kier alpha value is -3.39. The minimum Gasteiger partial charge on any atom is -0.489 e. The summed E-state index contributed by atoms with van der Waals surface area (Å²) in [5.41, 5.74) is 8.07. The Morgan fingerprint density at radius 1 is 1.06 bits per heavy atom. The molecule has 3 rings (SSSR count). The van der Waals surface area contributed by atoms with Gasteiger partial charge in [-0.3, -0.25) is 14.4 Å². The highest BCUT2D eigenvalue weighted by Crippen LogP contribution is 2.18. The maximum Gasteiger partial charge on any atom is 0.245 e. The molecule has 3 amide bonds. The van der Waals surface area contributed by atoms with Gasteiger partial charge < -0.3 is 26.0 Å². The lowest BCUT2D eigenvalue weighted by molar-refractivity contribution is -0.136. The summed E-state index contributed by atoms with van der Waals surface area (Å²) in [6.45, 7) is 6.90. The van der Waals surface area contributed by atoms with Gasteiger partial charge in [-0.1, -0.05) is 56.3 Å². The first-order chi connectivity index (χ1) is 17.2. The van der Waals surface area contributed by atoms with E-state index in [1.807, 2.05) is 68.4 Å². The van der Waals surface area contributed by atoms with Gasteiger partial charge in [0.2, 0.25) is 17.7 Å². The van der Waals surface area contributed by atoms with Gasteiger partial charge in [0, 0.05) is 32.5 Å². The number of hydrogen-bond acceptors (Lipinski definition) is 5. The first-order valence-electron chi connectivity index (χ1n) is 12.6. The SMILES string of the molecule is CC(=O)NC1CCN(C(=O)C(Cc2ccc(OCc3ccccc3)cc2)NC(=O)C(N)CC(C)C)C1. The van der Waals surface area contributed by atoms with Gasteiger partial charge in [0.25, 0.3) is 0 Å². The van der Waals surface area contributed by atoms with Crippen LogP contribution in [0.15, 0.2) is 54.6 Å². The molecular weight excluding hydrogens is 456 g/mol. The van der Waals surface area contributed by atoms with Crippen molar-refractivity contribution in [2.75, 3.05) is 13.1 Å². The van der Waals surface area contributed by atoms with Crippen molar-refractivity contribution in [1.29, 1.82) is 0 Å². The van der Waals surface area contributed by atoms with Crippen LogP contribution < -0.4 is 21.1 Å². The number of hydrogen-bond donors (Lipinski definition) is 3. The van der Waals surface area contributed by atoms with Gasteiger partial charge in [-0.05, 0) is 42.0 Å². The van der Waals surface area contributed by atoms with Gasteiger partial charge in [-0.2, -0.15) is 0 Å². The van der Waals surface area contributed by atoms with Crippen LogP contribution in [0.4, 0.5) is 0 Å². The van der Waals surface area contributed by atoms with Crippen LogP contribution in [0, 0.1) is 5.92 Å². The van der Waals surface area contributed by atoms with Crippen LogP contribution >= 0.6 is 0 Å². The molecule has 1 fully saturated rings. The Kier molecular flexibility index (Phi) is 9.87. The van der Waals surface area contributed by atoms with E-state index in [0.29, 0.717) is 39.0 Å². The second-order valence-corrected chi connectivity index (χ2v) is 9.89.